The highest BCUT2D eigenvalue weighted by Gasteiger charge is 2.17. The van der Waals surface area contributed by atoms with Gasteiger partial charge in [-0.15, -0.1) is 11.8 Å². The van der Waals surface area contributed by atoms with Crippen LogP contribution in [-0.4, -0.2) is 9.91 Å². The number of hydrogen-bond acceptors (Lipinski definition) is 4. The van der Waals surface area contributed by atoms with Crippen LogP contribution in [0.25, 0.3) is 0 Å². The zero-order valence-electron chi connectivity index (χ0n) is 9.82. The summed E-state index contributed by atoms with van der Waals surface area (Å²) >= 11 is 1.45. The highest BCUT2D eigenvalue weighted by atomic mass is 32.2. The maximum atomic E-state index is 10.9. The van der Waals surface area contributed by atoms with Crippen molar-refractivity contribution in [2.24, 2.45) is 0 Å². The molecule has 1 aromatic carbocycles. The van der Waals surface area contributed by atoms with Gasteiger partial charge in [0.1, 0.15) is 11.1 Å². The van der Waals surface area contributed by atoms with Crippen LogP contribution in [0.15, 0.2) is 53.6 Å². The Bertz CT molecular complexity index is 546. The third kappa shape index (κ3) is 2.87. The standard InChI is InChI=1S/C13H12N2O2S/c1-10(11-6-3-2-4-7-11)18-12-8-5-9-14-13(12)15(16)17/h2-10H,1H3. The summed E-state index contributed by atoms with van der Waals surface area (Å²) in [6, 6.07) is 13.4. The molecule has 0 aliphatic carbocycles. The van der Waals surface area contributed by atoms with Gasteiger partial charge in [0.25, 0.3) is 0 Å². The molecule has 1 unspecified atom stereocenters. The van der Waals surface area contributed by atoms with Crippen molar-refractivity contribution in [1.29, 1.82) is 0 Å². The average Bonchev–Trinajstić information content (AvgIpc) is 2.40. The van der Waals surface area contributed by atoms with E-state index in [0.717, 1.165) is 5.56 Å². The predicted molar refractivity (Wildman–Crippen MR) is 71.6 cm³/mol. The Morgan fingerprint density at radius 2 is 1.94 bits per heavy atom. The molecular formula is C13H12N2O2S. The number of aromatic nitrogens is 1. The van der Waals surface area contributed by atoms with E-state index in [0.29, 0.717) is 4.90 Å². The third-order valence-electron chi connectivity index (χ3n) is 2.50. The lowest BCUT2D eigenvalue weighted by Gasteiger charge is -2.10. The predicted octanol–water partition coefficient (Wildman–Crippen LogP) is 3.84. The van der Waals surface area contributed by atoms with Crippen molar-refractivity contribution >= 4 is 17.6 Å². The van der Waals surface area contributed by atoms with E-state index in [1.807, 2.05) is 37.3 Å². The molecule has 2 aromatic rings. The van der Waals surface area contributed by atoms with Crippen molar-refractivity contribution in [2.45, 2.75) is 17.1 Å². The first-order valence-corrected chi connectivity index (χ1v) is 6.37. The van der Waals surface area contributed by atoms with Gasteiger partial charge in [-0.2, -0.15) is 0 Å². The molecule has 0 saturated heterocycles. The second kappa shape index (κ2) is 5.64. The first-order chi connectivity index (χ1) is 8.68. The van der Waals surface area contributed by atoms with Crippen LogP contribution in [0.5, 0.6) is 0 Å². The Morgan fingerprint density at radius 3 is 2.61 bits per heavy atom. The molecule has 0 spiro atoms. The molecule has 1 atom stereocenters. The summed E-state index contributed by atoms with van der Waals surface area (Å²) in [5.74, 6) is -0.0784. The van der Waals surface area contributed by atoms with Crippen molar-refractivity contribution < 1.29 is 4.92 Å². The first kappa shape index (κ1) is 12.6. The van der Waals surface area contributed by atoms with Crippen LogP contribution >= 0.6 is 11.8 Å². The number of benzene rings is 1. The zero-order valence-corrected chi connectivity index (χ0v) is 10.6. The van der Waals surface area contributed by atoms with Gasteiger partial charge in [-0.25, -0.2) is 0 Å². The Labute approximate surface area is 109 Å². The summed E-state index contributed by atoms with van der Waals surface area (Å²) in [7, 11) is 0. The minimum absolute atomic E-state index is 0.0784. The van der Waals surface area contributed by atoms with Crippen LogP contribution in [0.4, 0.5) is 5.82 Å². The number of thioether (sulfide) groups is 1. The molecule has 0 N–H and O–H groups in total. The summed E-state index contributed by atoms with van der Waals surface area (Å²) in [6.07, 6.45) is 1.44. The van der Waals surface area contributed by atoms with Crippen molar-refractivity contribution in [3.05, 3.63) is 64.3 Å². The van der Waals surface area contributed by atoms with E-state index in [9.17, 15) is 10.1 Å². The lowest BCUT2D eigenvalue weighted by molar-refractivity contribution is -0.392. The number of nitrogens with zero attached hydrogens (tertiary/aromatic N) is 2. The minimum Gasteiger partial charge on any atom is -0.358 e. The number of pyridine rings is 1. The fourth-order valence-corrected chi connectivity index (χ4v) is 2.66. The second-order valence-electron chi connectivity index (χ2n) is 3.75. The fraction of sp³-hybridized carbons (Fsp3) is 0.154. The molecule has 0 aliphatic rings. The van der Waals surface area contributed by atoms with E-state index >= 15 is 0 Å². The summed E-state index contributed by atoms with van der Waals surface area (Å²) in [4.78, 5) is 14.8. The second-order valence-corrected chi connectivity index (χ2v) is 5.14. The number of nitro groups is 1. The van der Waals surface area contributed by atoms with Gasteiger partial charge in [0.2, 0.25) is 0 Å². The molecular weight excluding hydrogens is 248 g/mol. The molecule has 92 valence electrons. The Balaban J connectivity index is 2.22. The summed E-state index contributed by atoms with van der Waals surface area (Å²) in [5, 5.41) is 11.0. The van der Waals surface area contributed by atoms with Crippen LogP contribution in [-0.2, 0) is 0 Å². The van der Waals surface area contributed by atoms with Crippen molar-refractivity contribution in [3.8, 4) is 0 Å². The number of hydrogen-bond donors (Lipinski definition) is 0. The van der Waals surface area contributed by atoms with Gasteiger partial charge in [0.05, 0.1) is 0 Å². The normalized spacial score (nSPS) is 12.1. The van der Waals surface area contributed by atoms with Gasteiger partial charge in [-0.05, 0) is 34.5 Å². The molecule has 4 nitrogen and oxygen atoms in total. The SMILES string of the molecule is CC(Sc1cccnc1[N+](=O)[O-])c1ccccc1. The molecule has 0 aliphatic heterocycles. The van der Waals surface area contributed by atoms with E-state index in [1.165, 1.54) is 18.0 Å². The van der Waals surface area contributed by atoms with Gasteiger partial charge >= 0.3 is 5.82 Å². The van der Waals surface area contributed by atoms with Gasteiger partial charge in [-0.1, -0.05) is 30.3 Å². The van der Waals surface area contributed by atoms with Crippen molar-refractivity contribution in [3.63, 3.8) is 0 Å². The molecule has 18 heavy (non-hydrogen) atoms. The maximum absolute atomic E-state index is 10.9. The summed E-state index contributed by atoms with van der Waals surface area (Å²) in [6.45, 7) is 2.02. The van der Waals surface area contributed by atoms with E-state index in [-0.39, 0.29) is 11.1 Å². The van der Waals surface area contributed by atoms with Gasteiger partial charge in [-0.3, -0.25) is 0 Å². The lowest BCUT2D eigenvalue weighted by atomic mass is 10.2. The maximum Gasteiger partial charge on any atom is 0.377 e. The Hall–Kier alpha value is -1.88. The van der Waals surface area contributed by atoms with Crippen LogP contribution in [0.2, 0.25) is 0 Å². The molecule has 0 amide bonds. The van der Waals surface area contributed by atoms with E-state index in [1.54, 1.807) is 12.1 Å². The van der Waals surface area contributed by atoms with Gasteiger partial charge in [0.15, 0.2) is 0 Å². The summed E-state index contributed by atoms with van der Waals surface area (Å²) < 4.78 is 0. The summed E-state index contributed by atoms with van der Waals surface area (Å²) in [5.41, 5.74) is 1.14. The average molecular weight is 260 g/mol. The quantitative estimate of drug-likeness (QED) is 0.476. The van der Waals surface area contributed by atoms with E-state index in [2.05, 4.69) is 4.98 Å². The molecule has 1 aromatic heterocycles. The topological polar surface area (TPSA) is 56.0 Å². The smallest absolute Gasteiger partial charge is 0.358 e. The van der Waals surface area contributed by atoms with E-state index < -0.39 is 4.92 Å². The minimum atomic E-state index is -0.444. The van der Waals surface area contributed by atoms with Crippen LogP contribution in [0.1, 0.15) is 17.7 Å². The van der Waals surface area contributed by atoms with Gasteiger partial charge in [0, 0.05) is 5.25 Å². The van der Waals surface area contributed by atoms with Crippen LogP contribution < -0.4 is 0 Å². The Morgan fingerprint density at radius 1 is 1.22 bits per heavy atom. The largest absolute Gasteiger partial charge is 0.377 e. The fourth-order valence-electron chi connectivity index (χ4n) is 1.59. The molecule has 5 heteroatoms. The van der Waals surface area contributed by atoms with Crippen molar-refractivity contribution in [2.75, 3.05) is 0 Å². The molecule has 1 heterocycles. The monoisotopic (exact) mass is 260 g/mol. The number of rotatable bonds is 4. The van der Waals surface area contributed by atoms with Crippen LogP contribution in [0.3, 0.4) is 0 Å². The van der Waals surface area contributed by atoms with Crippen molar-refractivity contribution in [1.82, 2.24) is 4.98 Å². The van der Waals surface area contributed by atoms with Gasteiger partial charge < -0.3 is 10.1 Å². The Kier molecular flexibility index (Phi) is 3.94. The molecule has 2 rings (SSSR count). The third-order valence-corrected chi connectivity index (χ3v) is 3.69. The lowest BCUT2D eigenvalue weighted by Crippen LogP contribution is -1.95. The molecule has 0 bridgehead atoms. The highest BCUT2D eigenvalue weighted by molar-refractivity contribution is 7.99. The van der Waals surface area contributed by atoms with Crippen LogP contribution in [0, 0.1) is 10.1 Å². The van der Waals surface area contributed by atoms with E-state index in [4.69, 9.17) is 0 Å². The molecule has 0 fully saturated rings. The molecule has 0 saturated carbocycles. The highest BCUT2D eigenvalue weighted by Crippen LogP contribution is 2.38. The molecule has 0 radical (unpaired) electrons. The zero-order chi connectivity index (χ0) is 13.0. The first-order valence-electron chi connectivity index (χ1n) is 5.49.